The fourth-order valence-corrected chi connectivity index (χ4v) is 2.47. The average molecular weight is 364 g/mol. The summed E-state index contributed by atoms with van der Waals surface area (Å²) in [6.45, 7) is 0. The quantitative estimate of drug-likeness (QED) is 0.550. The highest BCUT2D eigenvalue weighted by atomic mass is 16.8. The summed E-state index contributed by atoms with van der Waals surface area (Å²) in [5.74, 6) is 0. The van der Waals surface area contributed by atoms with Crippen molar-refractivity contribution in [1.82, 2.24) is 5.43 Å². The zero-order valence-corrected chi connectivity index (χ0v) is 14.1. The minimum absolute atomic E-state index is 0.0147. The van der Waals surface area contributed by atoms with Crippen molar-refractivity contribution >= 4 is 22.8 Å². The van der Waals surface area contributed by atoms with Crippen molar-refractivity contribution in [3.8, 4) is 0 Å². The summed E-state index contributed by atoms with van der Waals surface area (Å²) in [6.07, 6.45) is 6.22. The molecule has 0 saturated carbocycles. The zero-order valence-electron chi connectivity index (χ0n) is 14.1. The lowest BCUT2D eigenvalue weighted by atomic mass is 10.0. The number of benzene rings is 2. The molecule has 2 aromatic carbocycles. The molecule has 27 heavy (non-hydrogen) atoms. The topological polar surface area (TPSA) is 120 Å². The van der Waals surface area contributed by atoms with Crippen molar-refractivity contribution in [2.45, 2.75) is 0 Å². The third kappa shape index (κ3) is 4.46. The van der Waals surface area contributed by atoms with Gasteiger partial charge in [-0.1, -0.05) is 30.3 Å². The highest BCUT2D eigenvalue weighted by molar-refractivity contribution is 6.03. The molecule has 0 fully saturated rings. The van der Waals surface area contributed by atoms with Crippen LogP contribution in [0, 0.1) is 15.6 Å². The molecule has 2 aromatic rings. The molecule has 0 aliphatic heterocycles. The van der Waals surface area contributed by atoms with Crippen LogP contribution in [0.15, 0.2) is 84.5 Å². The Balaban J connectivity index is 1.86. The molecule has 0 spiro atoms. The van der Waals surface area contributed by atoms with Crippen molar-refractivity contribution in [3.05, 3.63) is 106 Å². The second-order valence-electron chi connectivity index (χ2n) is 5.61. The maximum Gasteiger partial charge on any atom is 0.222 e. The molecule has 0 saturated heterocycles. The molecule has 3 N–H and O–H groups in total. The largest absolute Gasteiger partial charge is 0.733 e. The smallest absolute Gasteiger partial charge is 0.222 e. The lowest BCUT2D eigenvalue weighted by Crippen LogP contribution is -2.21. The fourth-order valence-electron chi connectivity index (χ4n) is 2.47. The van der Waals surface area contributed by atoms with Gasteiger partial charge in [-0.05, 0) is 42.0 Å². The van der Waals surface area contributed by atoms with Crippen LogP contribution in [-0.4, -0.2) is 15.8 Å². The SMILES string of the molecule is [O-]N(O)c1ccc(NNC(=C2C=CC(=[N+]([O-])[O-])C=C2)c2ccccc2)cc1. The summed E-state index contributed by atoms with van der Waals surface area (Å²) in [7, 11) is 0. The number of rotatable bonds is 5. The van der Waals surface area contributed by atoms with E-state index >= 15 is 0 Å². The maximum atomic E-state index is 10.9. The molecule has 0 heterocycles. The molecule has 8 nitrogen and oxygen atoms in total. The van der Waals surface area contributed by atoms with Crippen molar-refractivity contribution in [2.75, 3.05) is 10.7 Å². The lowest BCUT2D eigenvalue weighted by Gasteiger charge is -2.22. The number of hydrazine groups is 1. The second-order valence-corrected chi connectivity index (χ2v) is 5.61. The first-order valence-electron chi connectivity index (χ1n) is 8.00. The first kappa shape index (κ1) is 18.1. The highest BCUT2D eigenvalue weighted by Gasteiger charge is 2.10. The van der Waals surface area contributed by atoms with E-state index in [-0.39, 0.29) is 16.6 Å². The van der Waals surface area contributed by atoms with Gasteiger partial charge in [-0.3, -0.25) is 10.6 Å². The van der Waals surface area contributed by atoms with E-state index in [0.29, 0.717) is 5.69 Å². The van der Waals surface area contributed by atoms with Gasteiger partial charge in [0.15, 0.2) is 0 Å². The molecule has 0 radical (unpaired) electrons. The molecule has 1 aliphatic rings. The van der Waals surface area contributed by atoms with Gasteiger partial charge in [0, 0.05) is 17.7 Å². The Labute approximate surface area is 155 Å². The Morgan fingerprint density at radius 2 is 1.52 bits per heavy atom. The van der Waals surface area contributed by atoms with Gasteiger partial charge in [0.2, 0.25) is 5.71 Å². The molecule has 0 bridgehead atoms. The number of anilines is 2. The summed E-state index contributed by atoms with van der Waals surface area (Å²) < 4.78 is 0. The van der Waals surface area contributed by atoms with Crippen molar-refractivity contribution < 1.29 is 10.1 Å². The summed E-state index contributed by atoms with van der Waals surface area (Å²) >= 11 is 0. The van der Waals surface area contributed by atoms with Gasteiger partial charge in [0.05, 0.1) is 17.1 Å². The standard InChI is InChI=1S/C19H16N4O4/c24-22(25)17-10-6-15(7-11-17)19(14-4-2-1-3-5-14)21-20-16-8-12-18(13-9-16)23(26)27/h1-13,20-21,26H/q-2. The van der Waals surface area contributed by atoms with E-state index in [1.54, 1.807) is 24.3 Å². The van der Waals surface area contributed by atoms with Crippen LogP contribution < -0.4 is 16.1 Å². The number of nitrogens with one attached hydrogen (secondary N) is 2. The zero-order chi connectivity index (χ0) is 19.2. The molecule has 138 valence electrons. The Morgan fingerprint density at radius 3 is 2.07 bits per heavy atom. The van der Waals surface area contributed by atoms with Gasteiger partial charge in [0.1, 0.15) is 0 Å². The van der Waals surface area contributed by atoms with Crippen LogP contribution in [0.2, 0.25) is 0 Å². The van der Waals surface area contributed by atoms with Crippen LogP contribution in [0.25, 0.3) is 5.70 Å². The van der Waals surface area contributed by atoms with Gasteiger partial charge in [-0.2, -0.15) is 4.90 Å². The molecule has 8 heteroatoms. The van der Waals surface area contributed by atoms with Gasteiger partial charge in [0.25, 0.3) is 0 Å². The molecule has 3 rings (SSSR count). The number of allylic oxidation sites excluding steroid dienone is 5. The van der Waals surface area contributed by atoms with Gasteiger partial charge < -0.3 is 26.3 Å². The summed E-state index contributed by atoms with van der Waals surface area (Å²) in [6, 6.07) is 15.7. The number of hydrogen-bond acceptors (Lipinski definition) is 7. The molecule has 1 aliphatic carbocycles. The Kier molecular flexibility index (Phi) is 5.41. The third-order valence-corrected chi connectivity index (χ3v) is 3.85. The van der Waals surface area contributed by atoms with Crippen molar-refractivity contribution in [3.63, 3.8) is 0 Å². The summed E-state index contributed by atoms with van der Waals surface area (Å²) in [4.78, 5) is -0.445. The lowest BCUT2D eigenvalue weighted by molar-refractivity contribution is -0.377. The van der Waals surface area contributed by atoms with E-state index in [9.17, 15) is 15.6 Å². The molecule has 0 amide bonds. The van der Waals surface area contributed by atoms with E-state index in [1.165, 1.54) is 24.3 Å². The Morgan fingerprint density at radius 1 is 0.889 bits per heavy atom. The average Bonchev–Trinajstić information content (AvgIpc) is 2.69. The monoisotopic (exact) mass is 364 g/mol. The first-order chi connectivity index (χ1) is 13.0. The van der Waals surface area contributed by atoms with Crippen LogP contribution in [-0.2, 0) is 0 Å². The van der Waals surface area contributed by atoms with Gasteiger partial charge >= 0.3 is 0 Å². The maximum absolute atomic E-state index is 10.9. The van der Waals surface area contributed by atoms with E-state index in [2.05, 4.69) is 10.9 Å². The Hall–Kier alpha value is -3.75. The molecular weight excluding hydrogens is 348 g/mol. The molecular formula is C19H16N4O4-2. The predicted octanol–water partition coefficient (Wildman–Crippen LogP) is 3.28. The summed E-state index contributed by atoms with van der Waals surface area (Å²) in [5, 5.41) is 41.3. The normalized spacial score (nSPS) is 12.7. The van der Waals surface area contributed by atoms with E-state index < -0.39 is 4.90 Å². The molecule has 0 unspecified atom stereocenters. The van der Waals surface area contributed by atoms with Crippen molar-refractivity contribution in [2.24, 2.45) is 0 Å². The van der Waals surface area contributed by atoms with Crippen LogP contribution in [0.5, 0.6) is 0 Å². The van der Waals surface area contributed by atoms with E-state index in [0.717, 1.165) is 16.8 Å². The fraction of sp³-hybridized carbons (Fsp3) is 0. The van der Waals surface area contributed by atoms with Crippen LogP contribution >= 0.6 is 0 Å². The minimum Gasteiger partial charge on any atom is -0.733 e. The third-order valence-electron chi connectivity index (χ3n) is 3.85. The van der Waals surface area contributed by atoms with Gasteiger partial charge in [-0.15, -0.1) is 0 Å². The van der Waals surface area contributed by atoms with Gasteiger partial charge in [-0.25, -0.2) is 0 Å². The Bertz CT molecular complexity index is 894. The minimum atomic E-state index is -0.445. The first-order valence-corrected chi connectivity index (χ1v) is 8.00. The molecule has 0 atom stereocenters. The predicted molar refractivity (Wildman–Crippen MR) is 104 cm³/mol. The summed E-state index contributed by atoms with van der Waals surface area (Å²) in [5.41, 5.74) is 9.29. The van der Waals surface area contributed by atoms with Crippen LogP contribution in [0.4, 0.5) is 11.4 Å². The number of nitrogens with zero attached hydrogens (tertiary/aromatic N) is 2. The van der Waals surface area contributed by atoms with Crippen molar-refractivity contribution in [1.29, 1.82) is 0 Å². The van der Waals surface area contributed by atoms with E-state index in [4.69, 9.17) is 5.21 Å². The highest BCUT2D eigenvalue weighted by Crippen LogP contribution is 2.21. The number of hydrogen-bond donors (Lipinski definition) is 3. The molecule has 0 aromatic heterocycles. The van der Waals surface area contributed by atoms with Crippen LogP contribution in [0.1, 0.15) is 5.56 Å². The second kappa shape index (κ2) is 8.09. The van der Waals surface area contributed by atoms with E-state index in [1.807, 2.05) is 30.3 Å². The van der Waals surface area contributed by atoms with Crippen LogP contribution in [0.3, 0.4) is 0 Å².